The van der Waals surface area contributed by atoms with Crippen molar-refractivity contribution in [3.05, 3.63) is 87.7 Å². The van der Waals surface area contributed by atoms with Gasteiger partial charge < -0.3 is 24.2 Å². The fourth-order valence-corrected chi connectivity index (χ4v) is 5.07. The van der Waals surface area contributed by atoms with Gasteiger partial charge in [0.25, 0.3) is 0 Å². The van der Waals surface area contributed by atoms with E-state index in [1.807, 2.05) is 54.6 Å². The number of carbonyl (C=O) groups is 1. The van der Waals surface area contributed by atoms with Gasteiger partial charge in [-0.2, -0.15) is 0 Å². The van der Waals surface area contributed by atoms with Crippen LogP contribution in [0.15, 0.2) is 54.6 Å². The maximum atomic E-state index is 11.2. The van der Waals surface area contributed by atoms with E-state index in [-0.39, 0.29) is 6.61 Å². The molecule has 0 bridgehead atoms. The number of rotatable bonds is 11. The molecule has 1 aliphatic heterocycles. The largest absolute Gasteiger partial charge is 0.492 e. The summed E-state index contributed by atoms with van der Waals surface area (Å²) in [7, 11) is 0. The second kappa shape index (κ2) is 11.3. The van der Waals surface area contributed by atoms with Gasteiger partial charge in [-0.05, 0) is 43.3 Å². The molecule has 0 amide bonds. The van der Waals surface area contributed by atoms with Crippen LogP contribution in [0, 0.1) is 6.92 Å². The molecule has 0 saturated heterocycles. The van der Waals surface area contributed by atoms with Crippen molar-refractivity contribution in [2.24, 2.45) is 0 Å². The summed E-state index contributed by atoms with van der Waals surface area (Å²) in [6, 6.07) is 17.6. The number of aryl methyl sites for hydroxylation is 1. The van der Waals surface area contributed by atoms with Crippen LogP contribution in [0.5, 0.6) is 11.5 Å². The number of halogens is 1. The molecule has 2 aromatic carbocycles. The first-order chi connectivity index (χ1) is 17.4. The van der Waals surface area contributed by atoms with E-state index < -0.39 is 18.2 Å². The number of aliphatic carboxylic acids is 1. The lowest BCUT2D eigenvalue weighted by molar-refractivity contribution is -0.139. The van der Waals surface area contributed by atoms with Crippen molar-refractivity contribution >= 4 is 17.6 Å². The minimum absolute atomic E-state index is 0.199. The lowest BCUT2D eigenvalue weighted by Crippen LogP contribution is -2.29. The molecule has 4 rings (SSSR count). The molecule has 1 aliphatic rings. The lowest BCUT2D eigenvalue weighted by Gasteiger charge is -2.31. The Morgan fingerprint density at radius 2 is 1.75 bits per heavy atom. The first-order valence-corrected chi connectivity index (χ1v) is 12.5. The van der Waals surface area contributed by atoms with Crippen LogP contribution in [0.3, 0.4) is 0 Å². The zero-order valence-corrected chi connectivity index (χ0v) is 21.5. The summed E-state index contributed by atoms with van der Waals surface area (Å²) in [5.41, 5.74) is 2.60. The predicted molar refractivity (Wildman–Crippen MR) is 138 cm³/mol. The summed E-state index contributed by atoms with van der Waals surface area (Å²) in [5, 5.41) is 9.45. The lowest BCUT2D eigenvalue weighted by atomic mass is 9.80. The molecule has 1 N–H and O–H groups in total. The van der Waals surface area contributed by atoms with Crippen LogP contribution in [0.25, 0.3) is 0 Å². The molecular formula is C28H31ClN2O5. The highest BCUT2D eigenvalue weighted by Gasteiger charge is 2.47. The van der Waals surface area contributed by atoms with E-state index in [4.69, 9.17) is 30.9 Å². The molecule has 1 aromatic heterocycles. The number of benzene rings is 2. The molecule has 36 heavy (non-hydrogen) atoms. The van der Waals surface area contributed by atoms with Crippen molar-refractivity contribution < 1.29 is 24.1 Å². The average molecular weight is 511 g/mol. The van der Waals surface area contributed by atoms with Crippen LogP contribution < -0.4 is 9.47 Å². The highest BCUT2D eigenvalue weighted by molar-refractivity contribution is 6.30. The third-order valence-electron chi connectivity index (χ3n) is 6.51. The van der Waals surface area contributed by atoms with Crippen LogP contribution in [0.1, 0.15) is 41.8 Å². The Kier molecular flexibility index (Phi) is 8.14. The summed E-state index contributed by atoms with van der Waals surface area (Å²) in [4.78, 5) is 18.0. The minimum atomic E-state index is -1.07. The van der Waals surface area contributed by atoms with E-state index >= 15 is 0 Å². The second-order valence-electron chi connectivity index (χ2n) is 8.59. The number of aromatic nitrogens is 1. The van der Waals surface area contributed by atoms with Crippen molar-refractivity contribution in [3.8, 4) is 11.5 Å². The van der Waals surface area contributed by atoms with Crippen LogP contribution >= 0.6 is 11.6 Å². The zero-order chi connectivity index (χ0) is 25.7. The number of hydrogen-bond acceptors (Lipinski definition) is 6. The number of carboxylic acid groups (broad SMARTS) is 1. The van der Waals surface area contributed by atoms with Gasteiger partial charge in [-0.1, -0.05) is 67.9 Å². The van der Waals surface area contributed by atoms with E-state index in [9.17, 15) is 4.79 Å². The van der Waals surface area contributed by atoms with Gasteiger partial charge in [-0.3, -0.25) is 0 Å². The molecule has 3 aromatic rings. The number of carboxylic acids is 1. The Hall–Kier alpha value is -3.13. The Labute approximate surface area is 216 Å². The van der Waals surface area contributed by atoms with E-state index in [1.54, 1.807) is 6.92 Å². The van der Waals surface area contributed by atoms with E-state index in [0.29, 0.717) is 34.3 Å². The Balaban J connectivity index is 1.74. The summed E-state index contributed by atoms with van der Waals surface area (Å²) < 4.78 is 18.2. The molecule has 1 unspecified atom stereocenters. The molecule has 190 valence electrons. The fourth-order valence-electron chi connectivity index (χ4n) is 4.70. The molecule has 8 heteroatoms. The molecular weight excluding hydrogens is 480 g/mol. The Bertz CT molecular complexity index is 1200. The smallest absolute Gasteiger partial charge is 0.341 e. The summed E-state index contributed by atoms with van der Waals surface area (Å²) in [5.74, 6) is 0.0971. The van der Waals surface area contributed by atoms with Crippen LogP contribution in [0.2, 0.25) is 5.15 Å². The molecule has 0 radical (unpaired) electrons. The first-order valence-electron chi connectivity index (χ1n) is 12.1. The van der Waals surface area contributed by atoms with E-state index in [0.717, 1.165) is 36.5 Å². The number of ether oxygens (including phenoxy) is 3. The highest BCUT2D eigenvalue weighted by atomic mass is 35.5. The van der Waals surface area contributed by atoms with Gasteiger partial charge in [0.05, 0.1) is 12.3 Å². The topological polar surface area (TPSA) is 81.1 Å². The SMILES string of the molecule is CCN(CC)CCOc1ccc(C2(c3ccccc3)OCc3c(OCC(=O)O)c(C)nc(Cl)c32)cc1. The zero-order valence-electron chi connectivity index (χ0n) is 20.8. The van der Waals surface area contributed by atoms with Gasteiger partial charge in [0, 0.05) is 17.7 Å². The van der Waals surface area contributed by atoms with Gasteiger partial charge in [-0.25, -0.2) is 9.78 Å². The number of hydrogen-bond donors (Lipinski definition) is 1. The molecule has 0 aliphatic carbocycles. The quantitative estimate of drug-likeness (QED) is 0.361. The fraction of sp³-hybridized carbons (Fsp3) is 0.357. The molecule has 0 saturated carbocycles. The first kappa shape index (κ1) is 25.9. The maximum Gasteiger partial charge on any atom is 0.341 e. The van der Waals surface area contributed by atoms with Crippen LogP contribution in [-0.4, -0.2) is 53.8 Å². The number of pyridine rings is 1. The van der Waals surface area contributed by atoms with Crippen LogP contribution in [0.4, 0.5) is 0 Å². The predicted octanol–water partition coefficient (Wildman–Crippen LogP) is 5.05. The van der Waals surface area contributed by atoms with Crippen molar-refractivity contribution in [1.82, 2.24) is 9.88 Å². The maximum absolute atomic E-state index is 11.2. The molecule has 2 heterocycles. The van der Waals surface area contributed by atoms with Gasteiger partial charge >= 0.3 is 5.97 Å². The third-order valence-corrected chi connectivity index (χ3v) is 6.79. The Morgan fingerprint density at radius 1 is 1.08 bits per heavy atom. The average Bonchev–Trinajstić information content (AvgIpc) is 3.29. The van der Waals surface area contributed by atoms with E-state index in [1.165, 1.54) is 0 Å². The third kappa shape index (κ3) is 5.05. The van der Waals surface area contributed by atoms with Crippen molar-refractivity contribution in [2.45, 2.75) is 33.0 Å². The number of likely N-dealkylation sites (N-methyl/N-ethyl adjacent to an activating group) is 1. The molecule has 0 spiro atoms. The standard InChI is InChI=1S/C28H31ClN2O5/c1-4-31(5-2)15-16-34-22-13-11-21(12-14-22)28(20-9-7-6-8-10-20)25-23(17-36-28)26(35-18-24(32)33)19(3)30-27(25)29/h6-14H,4-5,15-18H2,1-3H3,(H,32,33). The normalized spacial score (nSPS) is 16.7. The summed E-state index contributed by atoms with van der Waals surface area (Å²) in [6.07, 6.45) is 0. The van der Waals surface area contributed by atoms with Crippen LogP contribution in [-0.2, 0) is 21.7 Å². The second-order valence-corrected chi connectivity index (χ2v) is 8.95. The molecule has 1 atom stereocenters. The van der Waals surface area contributed by atoms with Gasteiger partial charge in [0.2, 0.25) is 0 Å². The van der Waals surface area contributed by atoms with Gasteiger partial charge in [0.15, 0.2) is 6.61 Å². The van der Waals surface area contributed by atoms with Crippen molar-refractivity contribution in [1.29, 1.82) is 0 Å². The van der Waals surface area contributed by atoms with Crippen molar-refractivity contribution in [2.75, 3.05) is 32.8 Å². The molecule has 7 nitrogen and oxygen atoms in total. The Morgan fingerprint density at radius 3 is 2.39 bits per heavy atom. The summed E-state index contributed by atoms with van der Waals surface area (Å²) in [6.45, 7) is 9.18. The van der Waals surface area contributed by atoms with Gasteiger partial charge in [0.1, 0.15) is 28.9 Å². The molecule has 0 fully saturated rings. The minimum Gasteiger partial charge on any atom is -0.492 e. The monoisotopic (exact) mass is 510 g/mol. The number of nitrogens with zero attached hydrogens (tertiary/aromatic N) is 2. The number of fused-ring (bicyclic) bond motifs is 1. The highest BCUT2D eigenvalue weighted by Crippen LogP contribution is 2.52. The van der Waals surface area contributed by atoms with Gasteiger partial charge in [-0.15, -0.1) is 0 Å². The van der Waals surface area contributed by atoms with E-state index in [2.05, 4.69) is 23.7 Å². The summed E-state index contributed by atoms with van der Waals surface area (Å²) >= 11 is 6.76. The van der Waals surface area contributed by atoms with Crippen molar-refractivity contribution in [3.63, 3.8) is 0 Å².